The number of carbonyl (C=O) groups is 4. The number of imide groups is 1. The summed E-state index contributed by atoms with van der Waals surface area (Å²) in [6, 6.07) is 2.25. The van der Waals surface area contributed by atoms with Gasteiger partial charge in [-0.1, -0.05) is 18.5 Å². The molecule has 0 N–H and O–H groups in total. The van der Waals surface area contributed by atoms with Crippen molar-refractivity contribution in [2.24, 2.45) is 0 Å². The SMILES string of the molecule is CCOC(=O)CSc1cc(N(C(=O)CC)C(=O)C2=C(C(=O)OCCOC)CCCC2)c(F)cc1Cl. The van der Waals surface area contributed by atoms with Crippen LogP contribution < -0.4 is 4.90 Å². The standard InChI is InChI=1S/C24H29ClFNO7S/c1-4-21(28)27(19-13-20(17(25)12-18(19)26)35-14-22(29)33-5-2)23(30)15-8-6-7-9-16(15)24(31)34-11-10-32-3/h12-13H,4-11,14H2,1-3H3. The Bertz CT molecular complexity index is 998. The van der Waals surface area contributed by atoms with Gasteiger partial charge in [0, 0.05) is 29.6 Å². The van der Waals surface area contributed by atoms with E-state index in [1.807, 2.05) is 0 Å². The highest BCUT2D eigenvalue weighted by molar-refractivity contribution is 8.00. The van der Waals surface area contributed by atoms with Crippen molar-refractivity contribution in [3.63, 3.8) is 0 Å². The van der Waals surface area contributed by atoms with Gasteiger partial charge in [-0.25, -0.2) is 14.1 Å². The maximum atomic E-state index is 15.0. The predicted octanol–water partition coefficient (Wildman–Crippen LogP) is 4.46. The molecule has 0 spiro atoms. The smallest absolute Gasteiger partial charge is 0.334 e. The van der Waals surface area contributed by atoms with E-state index >= 15 is 4.39 Å². The highest BCUT2D eigenvalue weighted by Gasteiger charge is 2.33. The zero-order valence-electron chi connectivity index (χ0n) is 20.0. The first-order valence-corrected chi connectivity index (χ1v) is 12.6. The number of rotatable bonds is 11. The first-order chi connectivity index (χ1) is 16.7. The molecule has 0 aliphatic heterocycles. The molecule has 0 unspecified atom stereocenters. The molecule has 1 aromatic carbocycles. The number of hydrogen-bond donors (Lipinski definition) is 0. The Morgan fingerprint density at radius 2 is 1.74 bits per heavy atom. The van der Waals surface area contributed by atoms with Gasteiger partial charge in [0.2, 0.25) is 5.91 Å². The van der Waals surface area contributed by atoms with Crippen LogP contribution in [0.5, 0.6) is 0 Å². The van der Waals surface area contributed by atoms with E-state index in [9.17, 15) is 19.2 Å². The van der Waals surface area contributed by atoms with Gasteiger partial charge in [0.1, 0.15) is 12.4 Å². The van der Waals surface area contributed by atoms with Crippen molar-refractivity contribution in [2.45, 2.75) is 50.8 Å². The minimum Gasteiger partial charge on any atom is -0.465 e. The molecule has 0 radical (unpaired) electrons. The minimum atomic E-state index is -0.883. The summed E-state index contributed by atoms with van der Waals surface area (Å²) in [5.41, 5.74) is -0.00383. The number of thioether (sulfide) groups is 1. The van der Waals surface area contributed by atoms with E-state index in [1.54, 1.807) is 13.8 Å². The van der Waals surface area contributed by atoms with Crippen LogP contribution in [0.25, 0.3) is 0 Å². The summed E-state index contributed by atoms with van der Waals surface area (Å²) in [6.07, 6.45) is 1.79. The maximum absolute atomic E-state index is 15.0. The molecular weight excluding hydrogens is 501 g/mol. The van der Waals surface area contributed by atoms with E-state index in [0.717, 1.165) is 22.7 Å². The van der Waals surface area contributed by atoms with Crippen molar-refractivity contribution < 1.29 is 37.8 Å². The fraction of sp³-hybridized carbons (Fsp3) is 0.500. The van der Waals surface area contributed by atoms with Crippen molar-refractivity contribution in [3.05, 3.63) is 34.1 Å². The average Bonchev–Trinajstić information content (AvgIpc) is 2.84. The Morgan fingerprint density at radius 1 is 1.06 bits per heavy atom. The first kappa shape index (κ1) is 28.8. The molecule has 0 heterocycles. The third-order valence-corrected chi connectivity index (χ3v) is 6.59. The van der Waals surface area contributed by atoms with Gasteiger partial charge < -0.3 is 14.2 Å². The Balaban J connectivity index is 2.46. The summed E-state index contributed by atoms with van der Waals surface area (Å²) in [4.78, 5) is 51.8. The van der Waals surface area contributed by atoms with E-state index in [2.05, 4.69) is 0 Å². The lowest BCUT2D eigenvalue weighted by atomic mass is 9.90. The van der Waals surface area contributed by atoms with Gasteiger partial charge in [-0.2, -0.15) is 0 Å². The Kier molecular flexibility index (Phi) is 11.7. The number of benzene rings is 1. The third-order valence-electron chi connectivity index (χ3n) is 5.14. The predicted molar refractivity (Wildman–Crippen MR) is 130 cm³/mol. The summed E-state index contributed by atoms with van der Waals surface area (Å²) < 4.78 is 30.0. The second kappa shape index (κ2) is 14.2. The second-order valence-corrected chi connectivity index (χ2v) is 8.93. The molecule has 0 aromatic heterocycles. The Labute approximate surface area is 213 Å². The minimum absolute atomic E-state index is 0.0186. The molecule has 1 aliphatic rings. The number of nitrogens with zero attached hydrogens (tertiary/aromatic N) is 1. The number of halogens is 2. The second-order valence-electron chi connectivity index (χ2n) is 7.51. The maximum Gasteiger partial charge on any atom is 0.334 e. The van der Waals surface area contributed by atoms with Crippen molar-refractivity contribution in [1.29, 1.82) is 0 Å². The molecule has 192 valence electrons. The molecule has 11 heteroatoms. The molecule has 2 amide bonds. The number of carbonyl (C=O) groups excluding carboxylic acids is 4. The molecule has 0 saturated carbocycles. The van der Waals surface area contributed by atoms with Crippen LogP contribution in [0, 0.1) is 5.82 Å². The van der Waals surface area contributed by atoms with Crippen LogP contribution in [0.3, 0.4) is 0 Å². The van der Waals surface area contributed by atoms with Gasteiger partial charge in [0.05, 0.1) is 29.7 Å². The number of methoxy groups -OCH3 is 1. The van der Waals surface area contributed by atoms with Crippen LogP contribution in [-0.2, 0) is 33.4 Å². The van der Waals surface area contributed by atoms with Crippen LogP contribution in [0.1, 0.15) is 46.0 Å². The summed E-state index contributed by atoms with van der Waals surface area (Å²) in [6.45, 7) is 3.64. The lowest BCUT2D eigenvalue weighted by Gasteiger charge is -2.26. The first-order valence-electron chi connectivity index (χ1n) is 11.3. The molecule has 0 bridgehead atoms. The number of anilines is 1. The molecule has 35 heavy (non-hydrogen) atoms. The highest BCUT2D eigenvalue weighted by atomic mass is 35.5. The monoisotopic (exact) mass is 529 g/mol. The van der Waals surface area contributed by atoms with Crippen molar-refractivity contribution in [3.8, 4) is 0 Å². The summed E-state index contributed by atoms with van der Waals surface area (Å²) in [7, 11) is 1.47. The molecule has 2 rings (SSSR count). The van der Waals surface area contributed by atoms with Crippen molar-refractivity contribution in [1.82, 2.24) is 0 Å². The van der Waals surface area contributed by atoms with E-state index in [1.165, 1.54) is 13.2 Å². The Morgan fingerprint density at radius 3 is 2.37 bits per heavy atom. The fourth-order valence-corrected chi connectivity index (χ4v) is 4.52. The average molecular weight is 530 g/mol. The number of esters is 2. The zero-order valence-corrected chi connectivity index (χ0v) is 21.6. The van der Waals surface area contributed by atoms with Gasteiger partial charge in [0.25, 0.3) is 5.91 Å². The quantitative estimate of drug-likeness (QED) is 0.235. The lowest BCUT2D eigenvalue weighted by molar-refractivity contribution is -0.141. The number of amides is 2. The van der Waals surface area contributed by atoms with Gasteiger partial charge in [-0.15, -0.1) is 11.8 Å². The summed E-state index contributed by atoms with van der Waals surface area (Å²) >= 11 is 7.15. The molecule has 0 fully saturated rings. The van der Waals surface area contributed by atoms with E-state index in [-0.39, 0.29) is 60.3 Å². The van der Waals surface area contributed by atoms with Crippen LogP contribution in [0.2, 0.25) is 5.02 Å². The number of ether oxygens (including phenoxy) is 3. The molecule has 8 nitrogen and oxygen atoms in total. The van der Waals surface area contributed by atoms with Crippen LogP contribution >= 0.6 is 23.4 Å². The van der Waals surface area contributed by atoms with Gasteiger partial charge in [0.15, 0.2) is 0 Å². The third kappa shape index (κ3) is 7.78. The topological polar surface area (TPSA) is 99.2 Å². The summed E-state index contributed by atoms with van der Waals surface area (Å²) in [5, 5.41) is 0.0242. The molecular formula is C24H29ClFNO7S. The van der Waals surface area contributed by atoms with Gasteiger partial charge >= 0.3 is 11.9 Å². The number of hydrogen-bond acceptors (Lipinski definition) is 8. The van der Waals surface area contributed by atoms with Crippen molar-refractivity contribution in [2.75, 3.05) is 37.6 Å². The zero-order chi connectivity index (χ0) is 26.0. The highest BCUT2D eigenvalue weighted by Crippen LogP contribution is 2.36. The Hall–Kier alpha value is -2.43. The molecule has 1 aromatic rings. The van der Waals surface area contributed by atoms with E-state index in [4.69, 9.17) is 25.8 Å². The van der Waals surface area contributed by atoms with Gasteiger partial charge in [-0.3, -0.25) is 14.4 Å². The van der Waals surface area contributed by atoms with E-state index in [0.29, 0.717) is 24.2 Å². The fourth-order valence-electron chi connectivity index (χ4n) is 3.46. The van der Waals surface area contributed by atoms with Gasteiger partial charge in [-0.05, 0) is 44.7 Å². The van der Waals surface area contributed by atoms with Crippen LogP contribution in [0.4, 0.5) is 10.1 Å². The van der Waals surface area contributed by atoms with Crippen molar-refractivity contribution >= 4 is 52.8 Å². The normalized spacial score (nSPS) is 13.4. The molecule has 0 atom stereocenters. The van der Waals surface area contributed by atoms with Crippen LogP contribution in [0.15, 0.2) is 28.2 Å². The van der Waals surface area contributed by atoms with E-state index < -0.39 is 29.6 Å². The summed E-state index contributed by atoms with van der Waals surface area (Å²) in [5.74, 6) is -3.54. The molecule has 0 saturated heterocycles. The van der Waals surface area contributed by atoms with Crippen LogP contribution in [-0.4, -0.2) is 56.4 Å². The lowest BCUT2D eigenvalue weighted by Crippen LogP contribution is -2.39. The molecule has 1 aliphatic carbocycles. The largest absolute Gasteiger partial charge is 0.465 e.